The van der Waals surface area contributed by atoms with Crippen molar-refractivity contribution in [2.75, 3.05) is 31.6 Å². The van der Waals surface area contributed by atoms with Crippen LogP contribution in [-0.4, -0.2) is 43.7 Å². The number of fused-ring (bicyclic) bond motifs is 1. The van der Waals surface area contributed by atoms with Crippen LogP contribution >= 0.6 is 15.9 Å². The van der Waals surface area contributed by atoms with Crippen LogP contribution in [-0.2, 0) is 6.54 Å². The van der Waals surface area contributed by atoms with Crippen LogP contribution < -0.4 is 10.2 Å². The fraction of sp³-hybridized carbons (Fsp3) is 0.647. The summed E-state index contributed by atoms with van der Waals surface area (Å²) >= 11 is 3.61. The molecule has 0 radical (unpaired) electrons. The molecule has 2 saturated heterocycles. The summed E-state index contributed by atoms with van der Waals surface area (Å²) < 4.78 is 1.17. The lowest BCUT2D eigenvalue weighted by Crippen LogP contribution is -2.59. The molecule has 2 unspecified atom stereocenters. The molecule has 0 aliphatic carbocycles. The van der Waals surface area contributed by atoms with Crippen LogP contribution in [0.15, 0.2) is 22.7 Å². The Morgan fingerprint density at radius 2 is 2.14 bits per heavy atom. The zero-order valence-electron chi connectivity index (χ0n) is 13.1. The molecule has 0 aromatic heterocycles. The van der Waals surface area contributed by atoms with Crippen molar-refractivity contribution >= 4 is 21.6 Å². The Bertz CT molecular complexity index is 491. The summed E-state index contributed by atoms with van der Waals surface area (Å²) in [5.74, 6) is 0. The van der Waals surface area contributed by atoms with Crippen molar-refractivity contribution in [2.45, 2.75) is 44.8 Å². The summed E-state index contributed by atoms with van der Waals surface area (Å²) in [7, 11) is 2.02. The van der Waals surface area contributed by atoms with Crippen molar-refractivity contribution in [3.8, 4) is 0 Å². The van der Waals surface area contributed by atoms with Gasteiger partial charge in [-0.15, -0.1) is 0 Å². The second kappa shape index (κ2) is 6.67. The van der Waals surface area contributed by atoms with Crippen LogP contribution in [0.4, 0.5) is 5.69 Å². The molecule has 1 aromatic carbocycles. The first kappa shape index (κ1) is 15.3. The predicted molar refractivity (Wildman–Crippen MR) is 92.9 cm³/mol. The topological polar surface area (TPSA) is 18.5 Å². The van der Waals surface area contributed by atoms with Gasteiger partial charge in [-0.1, -0.05) is 22.4 Å². The molecule has 2 atom stereocenters. The SMILES string of the molecule is CNCc1cc(Br)ccc1N1CC2CCCCN2CC1C. The first-order chi connectivity index (χ1) is 10.2. The number of hydrogen-bond donors (Lipinski definition) is 1. The maximum absolute atomic E-state index is 3.61. The van der Waals surface area contributed by atoms with Gasteiger partial charge in [0.15, 0.2) is 0 Å². The molecule has 0 spiro atoms. The van der Waals surface area contributed by atoms with E-state index in [1.54, 1.807) is 0 Å². The highest BCUT2D eigenvalue weighted by atomic mass is 79.9. The van der Waals surface area contributed by atoms with E-state index in [1.165, 1.54) is 54.6 Å². The normalized spacial score (nSPS) is 26.7. The van der Waals surface area contributed by atoms with E-state index in [-0.39, 0.29) is 0 Å². The molecule has 2 fully saturated rings. The average Bonchev–Trinajstić information content (AvgIpc) is 2.47. The first-order valence-corrected chi connectivity index (χ1v) is 8.92. The number of piperidine rings is 1. The van der Waals surface area contributed by atoms with Gasteiger partial charge in [0.2, 0.25) is 0 Å². The molecule has 0 saturated carbocycles. The van der Waals surface area contributed by atoms with E-state index in [1.807, 2.05) is 7.05 Å². The lowest BCUT2D eigenvalue weighted by Gasteiger charge is -2.49. The minimum Gasteiger partial charge on any atom is -0.366 e. The molecule has 21 heavy (non-hydrogen) atoms. The smallest absolute Gasteiger partial charge is 0.0416 e. The minimum absolute atomic E-state index is 0.594. The molecule has 2 heterocycles. The second-order valence-electron chi connectivity index (χ2n) is 6.45. The van der Waals surface area contributed by atoms with Crippen molar-refractivity contribution in [3.05, 3.63) is 28.2 Å². The molecular weight excluding hydrogens is 326 g/mol. The van der Waals surface area contributed by atoms with Gasteiger partial charge in [-0.3, -0.25) is 4.90 Å². The number of nitrogens with one attached hydrogen (secondary N) is 1. The summed E-state index contributed by atoms with van der Waals surface area (Å²) in [4.78, 5) is 5.34. The number of rotatable bonds is 3. The van der Waals surface area contributed by atoms with E-state index in [0.29, 0.717) is 6.04 Å². The van der Waals surface area contributed by atoms with Crippen molar-refractivity contribution < 1.29 is 0 Å². The van der Waals surface area contributed by atoms with Crippen LogP contribution in [0.3, 0.4) is 0 Å². The third-order valence-electron chi connectivity index (χ3n) is 4.91. The molecule has 4 heteroatoms. The van der Waals surface area contributed by atoms with Crippen LogP contribution in [0, 0.1) is 0 Å². The second-order valence-corrected chi connectivity index (χ2v) is 7.36. The molecule has 2 aliphatic rings. The third-order valence-corrected chi connectivity index (χ3v) is 5.40. The summed E-state index contributed by atoms with van der Waals surface area (Å²) in [6.07, 6.45) is 4.14. The maximum atomic E-state index is 3.61. The van der Waals surface area contributed by atoms with Crippen LogP contribution in [0.5, 0.6) is 0 Å². The van der Waals surface area contributed by atoms with E-state index < -0.39 is 0 Å². The van der Waals surface area contributed by atoms with Crippen molar-refractivity contribution in [2.24, 2.45) is 0 Å². The lowest BCUT2D eigenvalue weighted by atomic mass is 9.96. The Balaban J connectivity index is 1.85. The summed E-state index contributed by atoms with van der Waals surface area (Å²) in [6.45, 7) is 6.98. The molecule has 116 valence electrons. The van der Waals surface area contributed by atoms with Gasteiger partial charge in [0, 0.05) is 41.9 Å². The quantitative estimate of drug-likeness (QED) is 0.901. The third kappa shape index (κ3) is 3.27. The Morgan fingerprint density at radius 3 is 2.95 bits per heavy atom. The van der Waals surface area contributed by atoms with E-state index >= 15 is 0 Å². The zero-order valence-corrected chi connectivity index (χ0v) is 14.7. The molecule has 3 rings (SSSR count). The van der Waals surface area contributed by atoms with Gasteiger partial charge in [0.1, 0.15) is 0 Å². The van der Waals surface area contributed by atoms with Gasteiger partial charge in [0.05, 0.1) is 0 Å². The molecule has 0 bridgehead atoms. The van der Waals surface area contributed by atoms with Gasteiger partial charge in [-0.2, -0.15) is 0 Å². The largest absolute Gasteiger partial charge is 0.366 e. The van der Waals surface area contributed by atoms with Crippen molar-refractivity contribution in [1.82, 2.24) is 10.2 Å². The van der Waals surface area contributed by atoms with Crippen LogP contribution in [0.2, 0.25) is 0 Å². The summed E-state index contributed by atoms with van der Waals surface area (Å²) in [6, 6.07) is 8.06. The first-order valence-electron chi connectivity index (χ1n) is 8.12. The highest BCUT2D eigenvalue weighted by Gasteiger charge is 2.33. The van der Waals surface area contributed by atoms with E-state index in [4.69, 9.17) is 0 Å². The van der Waals surface area contributed by atoms with Gasteiger partial charge in [-0.05, 0) is 57.1 Å². The van der Waals surface area contributed by atoms with Gasteiger partial charge < -0.3 is 10.2 Å². The molecule has 1 aromatic rings. The van der Waals surface area contributed by atoms with E-state index in [2.05, 4.69) is 56.2 Å². The predicted octanol–water partition coefficient (Wildman–Crippen LogP) is 3.23. The highest BCUT2D eigenvalue weighted by molar-refractivity contribution is 9.10. The van der Waals surface area contributed by atoms with Crippen LogP contribution in [0.25, 0.3) is 0 Å². The van der Waals surface area contributed by atoms with Gasteiger partial charge >= 0.3 is 0 Å². The van der Waals surface area contributed by atoms with Crippen molar-refractivity contribution in [1.29, 1.82) is 0 Å². The standard InChI is InChI=1S/C17H26BrN3/c1-13-11-20-8-4-3-5-16(20)12-21(13)17-7-6-15(18)9-14(17)10-19-2/h6-7,9,13,16,19H,3-5,8,10-12H2,1-2H3. The number of hydrogen-bond acceptors (Lipinski definition) is 3. The Hall–Kier alpha value is -0.580. The Morgan fingerprint density at radius 1 is 1.29 bits per heavy atom. The molecule has 0 amide bonds. The number of halogens is 1. The molecule has 1 N–H and O–H groups in total. The summed E-state index contributed by atoms with van der Waals surface area (Å²) in [5.41, 5.74) is 2.80. The van der Waals surface area contributed by atoms with Crippen LogP contribution in [0.1, 0.15) is 31.7 Å². The molecule has 3 nitrogen and oxygen atoms in total. The number of nitrogens with zero attached hydrogens (tertiary/aromatic N) is 2. The van der Waals surface area contributed by atoms with Gasteiger partial charge in [0.25, 0.3) is 0 Å². The fourth-order valence-electron chi connectivity index (χ4n) is 3.85. The maximum Gasteiger partial charge on any atom is 0.0416 e. The number of benzene rings is 1. The van der Waals surface area contributed by atoms with E-state index in [9.17, 15) is 0 Å². The number of piperazine rings is 1. The minimum atomic E-state index is 0.594. The summed E-state index contributed by atoms with van der Waals surface area (Å²) in [5, 5.41) is 3.30. The Labute approximate surface area is 136 Å². The number of anilines is 1. The van der Waals surface area contributed by atoms with E-state index in [0.717, 1.165) is 12.6 Å². The van der Waals surface area contributed by atoms with Gasteiger partial charge in [-0.25, -0.2) is 0 Å². The molecular formula is C17H26BrN3. The average molecular weight is 352 g/mol. The zero-order chi connectivity index (χ0) is 14.8. The monoisotopic (exact) mass is 351 g/mol. The Kier molecular flexibility index (Phi) is 4.87. The lowest BCUT2D eigenvalue weighted by molar-refractivity contribution is 0.115. The fourth-order valence-corrected chi connectivity index (χ4v) is 4.26. The molecule has 2 aliphatic heterocycles. The highest BCUT2D eigenvalue weighted by Crippen LogP contribution is 2.31. The van der Waals surface area contributed by atoms with Crippen molar-refractivity contribution in [3.63, 3.8) is 0 Å².